The van der Waals surface area contributed by atoms with Gasteiger partial charge in [0.2, 0.25) is 11.6 Å². The highest BCUT2D eigenvalue weighted by molar-refractivity contribution is 5.93. The number of unbranched alkanes of at least 4 members (excludes halogenated alkanes) is 2. The number of carbonyl (C=O) groups is 1. The molecule has 0 N–H and O–H groups in total. The fourth-order valence-electron chi connectivity index (χ4n) is 3.04. The van der Waals surface area contributed by atoms with E-state index in [2.05, 4.69) is 17.0 Å². The quantitative estimate of drug-likeness (QED) is 0.433. The van der Waals surface area contributed by atoms with Crippen LogP contribution < -0.4 is 0 Å². The molecule has 2 heterocycles. The van der Waals surface area contributed by atoms with E-state index in [9.17, 15) is 9.18 Å². The van der Waals surface area contributed by atoms with Crippen LogP contribution >= 0.6 is 0 Å². The molecule has 1 aliphatic heterocycles. The van der Waals surface area contributed by atoms with Crippen LogP contribution in [-0.4, -0.2) is 20.5 Å². The average Bonchev–Trinajstić information content (AvgIpc) is 3.16. The number of aromatic nitrogens is 3. The minimum atomic E-state index is -0.238. The maximum Gasteiger partial charge on any atom is 0.217 e. The molecule has 2 aromatic rings. The number of hydrogen-bond acceptors (Lipinski definition) is 3. The summed E-state index contributed by atoms with van der Waals surface area (Å²) in [7, 11) is 0. The molecular formula is C19H22FN3O. The highest BCUT2D eigenvalue weighted by Gasteiger charge is 2.29. The summed E-state index contributed by atoms with van der Waals surface area (Å²) in [6.45, 7) is 2.14. The highest BCUT2D eigenvalue weighted by Crippen LogP contribution is 2.31. The summed E-state index contributed by atoms with van der Waals surface area (Å²) < 4.78 is 15.7. The van der Waals surface area contributed by atoms with Crippen molar-refractivity contribution in [3.63, 3.8) is 0 Å². The van der Waals surface area contributed by atoms with Gasteiger partial charge in [0.25, 0.3) is 0 Å². The number of fused-ring (bicyclic) bond motifs is 1. The normalized spacial score (nSPS) is 16.7. The van der Waals surface area contributed by atoms with Gasteiger partial charge in [0.1, 0.15) is 11.6 Å². The fourth-order valence-corrected chi connectivity index (χ4v) is 3.04. The van der Waals surface area contributed by atoms with Crippen LogP contribution in [0.4, 0.5) is 4.39 Å². The smallest absolute Gasteiger partial charge is 0.217 e. The number of halogens is 1. The number of carbonyl (C=O) groups excluding carboxylic acids is 1. The van der Waals surface area contributed by atoms with Crippen LogP contribution in [0.1, 0.15) is 67.1 Å². The number of allylic oxidation sites excluding steroid dienone is 2. The van der Waals surface area contributed by atoms with Crippen molar-refractivity contribution in [1.82, 2.24) is 14.8 Å². The molecule has 0 spiro atoms. The topological polar surface area (TPSA) is 47.8 Å². The van der Waals surface area contributed by atoms with Crippen molar-refractivity contribution in [2.45, 2.75) is 51.5 Å². The molecule has 4 nitrogen and oxygen atoms in total. The summed E-state index contributed by atoms with van der Waals surface area (Å²) >= 11 is 0. The molecule has 3 rings (SSSR count). The van der Waals surface area contributed by atoms with Crippen LogP contribution in [0.15, 0.2) is 36.4 Å². The monoisotopic (exact) mass is 327 g/mol. The molecule has 0 fully saturated rings. The lowest BCUT2D eigenvalue weighted by molar-refractivity contribution is 0.0985. The molecule has 1 aromatic carbocycles. The van der Waals surface area contributed by atoms with Crippen molar-refractivity contribution in [2.24, 2.45) is 0 Å². The molecule has 0 unspecified atom stereocenters. The molecule has 126 valence electrons. The molecule has 0 amide bonds. The Bertz CT molecular complexity index is 751. The Hall–Kier alpha value is -2.30. The number of aryl methyl sites for hydroxylation is 1. The van der Waals surface area contributed by atoms with Crippen LogP contribution in [0, 0.1) is 5.82 Å². The van der Waals surface area contributed by atoms with Crippen molar-refractivity contribution in [3.8, 4) is 0 Å². The molecule has 0 aliphatic carbocycles. The van der Waals surface area contributed by atoms with Gasteiger partial charge in [-0.3, -0.25) is 4.79 Å². The standard InChI is InChI=1S/C19H22FN3O/c1-2-3-4-5-6-11-17(24)19-21-18-13-12-16(23(18)22-19)14-9-7-8-10-15(14)20/h5-10,16H,2-4,11-13H2,1H3/b6-5+/t16-/m1/s1. The van der Waals surface area contributed by atoms with Crippen LogP contribution in [0.5, 0.6) is 0 Å². The summed E-state index contributed by atoms with van der Waals surface area (Å²) in [6.07, 6.45) is 8.99. The van der Waals surface area contributed by atoms with Gasteiger partial charge in [0.15, 0.2) is 0 Å². The first-order valence-corrected chi connectivity index (χ1v) is 8.58. The summed E-state index contributed by atoms with van der Waals surface area (Å²) in [5.41, 5.74) is 0.611. The van der Waals surface area contributed by atoms with Crippen molar-refractivity contribution < 1.29 is 9.18 Å². The number of Topliss-reactive ketones (excluding diaryl/α,β-unsaturated/α-hetero) is 1. The molecule has 0 radical (unpaired) electrons. The Kier molecular flexibility index (Phi) is 5.18. The molecule has 0 bridgehead atoms. The van der Waals surface area contributed by atoms with Crippen LogP contribution in [-0.2, 0) is 6.42 Å². The van der Waals surface area contributed by atoms with Gasteiger partial charge in [-0.25, -0.2) is 14.1 Å². The van der Waals surface area contributed by atoms with E-state index in [1.807, 2.05) is 18.2 Å². The van der Waals surface area contributed by atoms with Gasteiger partial charge in [-0.15, -0.1) is 5.10 Å². The van der Waals surface area contributed by atoms with Gasteiger partial charge in [-0.2, -0.15) is 0 Å². The summed E-state index contributed by atoms with van der Waals surface area (Å²) in [5.74, 6) is 0.683. The SMILES string of the molecule is CCCC/C=C/CC(=O)c1nc2n(n1)[C@@H](c1ccccc1F)CC2. The Morgan fingerprint density at radius 3 is 3.00 bits per heavy atom. The van der Waals surface area contributed by atoms with E-state index in [4.69, 9.17) is 0 Å². The Morgan fingerprint density at radius 1 is 1.38 bits per heavy atom. The van der Waals surface area contributed by atoms with Crippen molar-refractivity contribution in [3.05, 3.63) is 59.4 Å². The second kappa shape index (κ2) is 7.51. The Balaban J connectivity index is 1.72. The summed E-state index contributed by atoms with van der Waals surface area (Å²) in [5, 5.41) is 4.36. The lowest BCUT2D eigenvalue weighted by Gasteiger charge is -2.12. The second-order valence-corrected chi connectivity index (χ2v) is 6.11. The maximum absolute atomic E-state index is 14.0. The van der Waals surface area contributed by atoms with Gasteiger partial charge >= 0.3 is 0 Å². The zero-order valence-corrected chi connectivity index (χ0v) is 13.9. The number of hydrogen-bond donors (Lipinski definition) is 0. The predicted octanol–water partition coefficient (Wildman–Crippen LogP) is 4.27. The largest absolute Gasteiger partial charge is 0.290 e. The van der Waals surface area contributed by atoms with Gasteiger partial charge < -0.3 is 0 Å². The van der Waals surface area contributed by atoms with E-state index >= 15 is 0 Å². The molecule has 24 heavy (non-hydrogen) atoms. The van der Waals surface area contributed by atoms with Crippen molar-refractivity contribution >= 4 is 5.78 Å². The van der Waals surface area contributed by atoms with E-state index in [0.29, 0.717) is 18.4 Å². The Labute approximate surface area is 141 Å². The number of benzene rings is 1. The third-order valence-electron chi connectivity index (χ3n) is 4.35. The number of nitrogens with zero attached hydrogens (tertiary/aromatic N) is 3. The van der Waals surface area contributed by atoms with Gasteiger partial charge in [0, 0.05) is 18.4 Å². The lowest BCUT2D eigenvalue weighted by atomic mass is 10.0. The van der Waals surface area contributed by atoms with E-state index < -0.39 is 0 Å². The van der Waals surface area contributed by atoms with E-state index in [1.165, 1.54) is 6.07 Å². The minimum Gasteiger partial charge on any atom is -0.290 e. The highest BCUT2D eigenvalue weighted by atomic mass is 19.1. The van der Waals surface area contributed by atoms with E-state index in [-0.39, 0.29) is 23.5 Å². The van der Waals surface area contributed by atoms with Crippen LogP contribution in [0.25, 0.3) is 0 Å². The number of rotatable bonds is 7. The zero-order chi connectivity index (χ0) is 16.9. The molecule has 1 atom stereocenters. The first kappa shape index (κ1) is 16.6. The van der Waals surface area contributed by atoms with Gasteiger partial charge in [0.05, 0.1) is 6.04 Å². The first-order valence-electron chi connectivity index (χ1n) is 8.58. The molecule has 0 saturated heterocycles. The zero-order valence-electron chi connectivity index (χ0n) is 13.9. The maximum atomic E-state index is 14.0. The average molecular weight is 327 g/mol. The van der Waals surface area contributed by atoms with Crippen LogP contribution in [0.2, 0.25) is 0 Å². The van der Waals surface area contributed by atoms with Gasteiger partial charge in [-0.05, 0) is 18.9 Å². The predicted molar refractivity (Wildman–Crippen MR) is 90.5 cm³/mol. The minimum absolute atomic E-state index is 0.0862. The van der Waals surface area contributed by atoms with Gasteiger partial charge in [-0.1, -0.05) is 50.1 Å². The number of ketones is 1. The molecule has 1 aliphatic rings. The Morgan fingerprint density at radius 2 is 2.21 bits per heavy atom. The first-order chi connectivity index (χ1) is 11.7. The molecular weight excluding hydrogens is 305 g/mol. The van der Waals surface area contributed by atoms with Crippen LogP contribution in [0.3, 0.4) is 0 Å². The third-order valence-corrected chi connectivity index (χ3v) is 4.35. The molecule has 1 aromatic heterocycles. The summed E-state index contributed by atoms with van der Waals surface area (Å²) in [4.78, 5) is 16.6. The van der Waals surface area contributed by atoms with Crippen molar-refractivity contribution in [2.75, 3.05) is 0 Å². The fraction of sp³-hybridized carbons (Fsp3) is 0.421. The van der Waals surface area contributed by atoms with E-state index in [1.54, 1.807) is 16.8 Å². The second-order valence-electron chi connectivity index (χ2n) is 6.11. The van der Waals surface area contributed by atoms with Crippen molar-refractivity contribution in [1.29, 1.82) is 0 Å². The lowest BCUT2D eigenvalue weighted by Crippen LogP contribution is -2.11. The third kappa shape index (κ3) is 3.45. The van der Waals surface area contributed by atoms with E-state index in [0.717, 1.165) is 31.5 Å². The molecule has 5 heteroatoms. The summed E-state index contributed by atoms with van der Waals surface area (Å²) in [6, 6.07) is 6.55. The molecule has 0 saturated carbocycles.